The predicted octanol–water partition coefficient (Wildman–Crippen LogP) is 2.80. The lowest BCUT2D eigenvalue weighted by Crippen LogP contribution is -2.42. The van der Waals surface area contributed by atoms with Gasteiger partial charge in [-0.1, -0.05) is 0 Å². The van der Waals surface area contributed by atoms with Crippen molar-refractivity contribution in [3.05, 3.63) is 35.6 Å². The molecule has 0 unspecified atom stereocenters. The quantitative estimate of drug-likeness (QED) is 0.891. The van der Waals surface area contributed by atoms with Crippen LogP contribution in [0.15, 0.2) is 24.3 Å². The molecule has 0 bridgehead atoms. The summed E-state index contributed by atoms with van der Waals surface area (Å²) >= 11 is 0. The maximum atomic E-state index is 14.4. The van der Waals surface area contributed by atoms with Gasteiger partial charge in [0.1, 0.15) is 5.82 Å². The molecule has 1 aromatic carbocycles. The van der Waals surface area contributed by atoms with Crippen LogP contribution in [0.1, 0.15) is 18.4 Å². The molecule has 0 radical (unpaired) electrons. The Kier molecular flexibility index (Phi) is 5.57. The van der Waals surface area contributed by atoms with Gasteiger partial charge in [0, 0.05) is 18.7 Å². The number of hydrogen-bond donors (Lipinski definition) is 1. The molecule has 2 aliphatic heterocycles. The van der Waals surface area contributed by atoms with E-state index in [4.69, 9.17) is 0 Å². The second-order valence-electron chi connectivity index (χ2n) is 6.13. The van der Waals surface area contributed by atoms with Gasteiger partial charge < -0.3 is 10.2 Å². The Hall–Kier alpha value is -1.27. The van der Waals surface area contributed by atoms with Crippen molar-refractivity contribution in [3.8, 4) is 0 Å². The van der Waals surface area contributed by atoms with Gasteiger partial charge in [-0.15, -0.1) is 12.4 Å². The highest BCUT2D eigenvalue weighted by Gasteiger charge is 2.45. The summed E-state index contributed by atoms with van der Waals surface area (Å²) < 4.78 is 41.6. The Morgan fingerprint density at radius 2 is 1.61 bits per heavy atom. The van der Waals surface area contributed by atoms with Gasteiger partial charge in [-0.2, -0.15) is 8.78 Å². The summed E-state index contributed by atoms with van der Waals surface area (Å²) in [6, 6.07) is 3.86. The first-order valence-electron chi connectivity index (χ1n) is 7.62. The molecule has 0 spiro atoms. The molecular weight excluding hydrogens is 329 g/mol. The number of hydrogen-bond acceptors (Lipinski definition) is 2. The van der Waals surface area contributed by atoms with Crippen LogP contribution in [0.25, 0.3) is 0 Å². The van der Waals surface area contributed by atoms with Crippen LogP contribution < -0.4 is 5.32 Å². The van der Waals surface area contributed by atoms with Crippen LogP contribution in [0.4, 0.5) is 13.2 Å². The summed E-state index contributed by atoms with van der Waals surface area (Å²) in [5.74, 6) is -4.44. The summed E-state index contributed by atoms with van der Waals surface area (Å²) in [5, 5.41) is 3.31. The Morgan fingerprint density at radius 3 is 2.13 bits per heavy atom. The molecule has 0 aromatic heterocycles. The van der Waals surface area contributed by atoms with Gasteiger partial charge in [0.25, 0.3) is 5.91 Å². The minimum atomic E-state index is -3.61. The summed E-state index contributed by atoms with van der Waals surface area (Å²) in [6.45, 7) is 2.53. The van der Waals surface area contributed by atoms with E-state index in [2.05, 4.69) is 5.32 Å². The fraction of sp³-hybridized carbons (Fsp3) is 0.562. The van der Waals surface area contributed by atoms with Crippen molar-refractivity contribution in [2.75, 3.05) is 26.2 Å². The highest BCUT2D eigenvalue weighted by atomic mass is 35.5. The molecule has 0 saturated carbocycles. The van der Waals surface area contributed by atoms with Crippen molar-refractivity contribution in [3.63, 3.8) is 0 Å². The highest BCUT2D eigenvalue weighted by Crippen LogP contribution is 2.33. The number of alkyl halides is 2. The van der Waals surface area contributed by atoms with Crippen LogP contribution in [0.5, 0.6) is 0 Å². The molecule has 2 heterocycles. The first-order valence-corrected chi connectivity index (χ1v) is 7.62. The van der Waals surface area contributed by atoms with Crippen LogP contribution >= 0.6 is 12.4 Å². The van der Waals surface area contributed by atoms with Crippen LogP contribution in [0.2, 0.25) is 0 Å². The third-order valence-corrected chi connectivity index (χ3v) is 4.78. The van der Waals surface area contributed by atoms with Crippen molar-refractivity contribution < 1.29 is 18.0 Å². The lowest BCUT2D eigenvalue weighted by molar-refractivity contribution is -0.159. The average molecular weight is 349 g/mol. The van der Waals surface area contributed by atoms with Crippen molar-refractivity contribution >= 4 is 18.3 Å². The predicted molar refractivity (Wildman–Crippen MR) is 83.2 cm³/mol. The van der Waals surface area contributed by atoms with Gasteiger partial charge in [-0.3, -0.25) is 4.79 Å². The Labute approximate surface area is 139 Å². The average Bonchev–Trinajstić information content (AvgIpc) is 2.86. The van der Waals surface area contributed by atoms with E-state index in [1.807, 2.05) is 0 Å². The maximum Gasteiger partial charge on any atom is 0.349 e. The number of benzene rings is 1. The summed E-state index contributed by atoms with van der Waals surface area (Å²) in [7, 11) is 0. The van der Waals surface area contributed by atoms with Crippen molar-refractivity contribution in [2.45, 2.75) is 18.8 Å². The summed E-state index contributed by atoms with van der Waals surface area (Å²) in [5.41, 5.74) is -0.454. The van der Waals surface area contributed by atoms with E-state index in [-0.39, 0.29) is 12.4 Å². The van der Waals surface area contributed by atoms with Gasteiger partial charge >= 0.3 is 5.92 Å². The Bertz CT molecular complexity index is 539. The Morgan fingerprint density at radius 1 is 1.09 bits per heavy atom. The molecule has 2 saturated heterocycles. The largest absolute Gasteiger partial charge is 0.349 e. The number of nitrogens with one attached hydrogen (secondary N) is 1. The molecule has 3 nitrogen and oxygen atoms in total. The van der Waals surface area contributed by atoms with E-state index < -0.39 is 23.2 Å². The van der Waals surface area contributed by atoms with E-state index >= 15 is 0 Å². The van der Waals surface area contributed by atoms with E-state index in [1.165, 1.54) is 4.90 Å². The monoisotopic (exact) mass is 348 g/mol. The van der Waals surface area contributed by atoms with Crippen molar-refractivity contribution in [2.24, 2.45) is 11.8 Å². The third-order valence-electron chi connectivity index (χ3n) is 4.78. The standard InChI is InChI=1S/C16H19F3N2O.ClH/c17-14-3-1-13(2-4-14)16(18,19)15(22)21-7-5-11-9-20-10-12(11)6-8-21;/h1-4,11-12,20H,5-10H2;1H/t11-,12+;. The van der Waals surface area contributed by atoms with Crippen LogP contribution in [-0.4, -0.2) is 37.0 Å². The van der Waals surface area contributed by atoms with Crippen molar-refractivity contribution in [1.29, 1.82) is 0 Å². The third kappa shape index (κ3) is 3.63. The molecule has 1 N–H and O–H groups in total. The minimum absolute atomic E-state index is 0. The van der Waals surface area contributed by atoms with Gasteiger partial charge in [0.2, 0.25) is 0 Å². The van der Waals surface area contributed by atoms with Gasteiger partial charge in [-0.25, -0.2) is 4.39 Å². The lowest BCUT2D eigenvalue weighted by atomic mass is 9.92. The highest BCUT2D eigenvalue weighted by molar-refractivity contribution is 5.85. The smallest absolute Gasteiger partial charge is 0.337 e. The first kappa shape index (κ1) is 18.1. The first-order chi connectivity index (χ1) is 10.5. The number of carbonyl (C=O) groups is 1. The second kappa shape index (κ2) is 7.09. The molecule has 2 atom stereocenters. The number of nitrogens with zero attached hydrogens (tertiary/aromatic N) is 1. The van der Waals surface area contributed by atoms with Gasteiger partial charge in [-0.05, 0) is 62.0 Å². The van der Waals surface area contributed by atoms with Crippen molar-refractivity contribution in [1.82, 2.24) is 10.2 Å². The van der Waals surface area contributed by atoms with Crippen LogP contribution in [0.3, 0.4) is 0 Å². The van der Waals surface area contributed by atoms with E-state index in [0.717, 1.165) is 50.2 Å². The SMILES string of the molecule is Cl.O=C(N1CC[C@@H]2CNC[C@@H]2CC1)C(F)(F)c1ccc(F)cc1. The molecular formula is C16H20ClF3N2O. The molecule has 1 aromatic rings. The number of amides is 1. The molecule has 23 heavy (non-hydrogen) atoms. The summed E-state index contributed by atoms with van der Waals surface area (Å²) in [4.78, 5) is 13.5. The number of rotatable bonds is 2. The van der Waals surface area contributed by atoms with E-state index in [9.17, 15) is 18.0 Å². The van der Waals surface area contributed by atoms with E-state index in [1.54, 1.807) is 0 Å². The molecule has 3 rings (SSSR count). The maximum absolute atomic E-state index is 14.4. The van der Waals surface area contributed by atoms with E-state index in [0.29, 0.717) is 24.9 Å². The summed E-state index contributed by atoms with van der Waals surface area (Å²) in [6.07, 6.45) is 1.51. The molecule has 2 aliphatic rings. The fourth-order valence-electron chi connectivity index (χ4n) is 3.40. The fourth-order valence-corrected chi connectivity index (χ4v) is 3.40. The molecule has 1 amide bonds. The lowest BCUT2D eigenvalue weighted by Gasteiger charge is -2.26. The molecule has 7 heteroatoms. The molecule has 128 valence electrons. The van der Waals surface area contributed by atoms with Crippen LogP contribution in [0, 0.1) is 17.7 Å². The van der Waals surface area contributed by atoms with Crippen LogP contribution in [-0.2, 0) is 10.7 Å². The van der Waals surface area contributed by atoms with Gasteiger partial charge in [0.15, 0.2) is 0 Å². The zero-order valence-corrected chi connectivity index (χ0v) is 13.4. The number of halogens is 4. The normalized spacial score (nSPS) is 24.6. The minimum Gasteiger partial charge on any atom is -0.337 e. The molecule has 2 fully saturated rings. The zero-order valence-electron chi connectivity index (χ0n) is 12.6. The number of carbonyl (C=O) groups excluding carboxylic acids is 1. The topological polar surface area (TPSA) is 32.3 Å². The number of fused-ring (bicyclic) bond motifs is 1. The molecule has 0 aliphatic carbocycles. The van der Waals surface area contributed by atoms with Gasteiger partial charge in [0.05, 0.1) is 0 Å². The second-order valence-corrected chi connectivity index (χ2v) is 6.13. The Balaban J connectivity index is 0.00000192. The zero-order chi connectivity index (χ0) is 15.7. The number of likely N-dealkylation sites (tertiary alicyclic amines) is 1.